The van der Waals surface area contributed by atoms with Gasteiger partial charge in [0.05, 0.1) is 6.04 Å². The van der Waals surface area contributed by atoms with Crippen LogP contribution in [0, 0.1) is 0 Å². The van der Waals surface area contributed by atoms with E-state index in [4.69, 9.17) is 4.74 Å². The molecule has 1 fully saturated rings. The lowest BCUT2D eigenvalue weighted by Crippen LogP contribution is -2.48. The summed E-state index contributed by atoms with van der Waals surface area (Å²) >= 11 is 0. The van der Waals surface area contributed by atoms with Crippen LogP contribution in [0.15, 0.2) is 54.6 Å². The fourth-order valence-corrected chi connectivity index (χ4v) is 3.74. The number of nitrogens with one attached hydrogen (secondary N) is 2. The Bertz CT molecular complexity index is 742. The van der Waals surface area contributed by atoms with Crippen molar-refractivity contribution in [2.24, 2.45) is 0 Å². The first-order chi connectivity index (χ1) is 12.8. The van der Waals surface area contributed by atoms with Crippen molar-refractivity contribution in [2.75, 3.05) is 19.7 Å². The highest BCUT2D eigenvalue weighted by atomic mass is 16.5. The van der Waals surface area contributed by atoms with Gasteiger partial charge in [-0.05, 0) is 24.5 Å². The number of nitrogens with zero attached hydrogens (tertiary/aromatic N) is 1. The lowest BCUT2D eigenvalue weighted by molar-refractivity contribution is 0.184. The number of hydrogen-bond acceptors (Lipinski definition) is 3. The monoisotopic (exact) mass is 351 g/mol. The Morgan fingerprint density at radius 1 is 1.00 bits per heavy atom. The van der Waals surface area contributed by atoms with Gasteiger partial charge in [-0.3, -0.25) is 4.90 Å². The van der Waals surface area contributed by atoms with Gasteiger partial charge in [-0.15, -0.1) is 0 Å². The molecule has 0 aliphatic carbocycles. The van der Waals surface area contributed by atoms with Gasteiger partial charge in [0.2, 0.25) is 0 Å². The van der Waals surface area contributed by atoms with Crippen LogP contribution in [-0.4, -0.2) is 36.7 Å². The van der Waals surface area contributed by atoms with E-state index in [9.17, 15) is 4.79 Å². The van der Waals surface area contributed by atoms with Crippen molar-refractivity contribution in [3.8, 4) is 5.75 Å². The van der Waals surface area contributed by atoms with E-state index in [1.807, 2.05) is 30.3 Å². The first kappa shape index (κ1) is 16.9. The van der Waals surface area contributed by atoms with Crippen molar-refractivity contribution in [2.45, 2.75) is 31.5 Å². The maximum atomic E-state index is 12.4. The summed E-state index contributed by atoms with van der Waals surface area (Å²) in [5.74, 6) is 0.868. The zero-order chi connectivity index (χ0) is 17.8. The lowest BCUT2D eigenvalue weighted by atomic mass is 10.0. The lowest BCUT2D eigenvalue weighted by Gasteiger charge is -2.32. The zero-order valence-electron chi connectivity index (χ0n) is 14.9. The van der Waals surface area contributed by atoms with E-state index in [1.54, 1.807) is 0 Å². The molecule has 0 aromatic heterocycles. The molecule has 0 spiro atoms. The summed E-state index contributed by atoms with van der Waals surface area (Å²) in [6, 6.07) is 18.5. The molecule has 2 amide bonds. The molecule has 136 valence electrons. The molecule has 26 heavy (non-hydrogen) atoms. The average molecular weight is 351 g/mol. The van der Waals surface area contributed by atoms with E-state index < -0.39 is 0 Å². The Balaban J connectivity index is 1.23. The Morgan fingerprint density at radius 3 is 2.54 bits per heavy atom. The van der Waals surface area contributed by atoms with Gasteiger partial charge in [-0.25, -0.2) is 4.79 Å². The molecule has 0 radical (unpaired) electrons. The Labute approximate surface area is 154 Å². The van der Waals surface area contributed by atoms with E-state index in [2.05, 4.69) is 39.8 Å². The number of para-hydroxylation sites is 1. The molecule has 2 heterocycles. The van der Waals surface area contributed by atoms with E-state index in [1.165, 1.54) is 5.56 Å². The highest BCUT2D eigenvalue weighted by Crippen LogP contribution is 2.31. The molecular formula is C21H25N3O2. The summed E-state index contributed by atoms with van der Waals surface area (Å²) in [4.78, 5) is 14.8. The van der Waals surface area contributed by atoms with Crippen LogP contribution < -0.4 is 15.4 Å². The minimum atomic E-state index is -0.100. The van der Waals surface area contributed by atoms with Gasteiger partial charge in [0.25, 0.3) is 0 Å². The van der Waals surface area contributed by atoms with E-state index in [0.29, 0.717) is 6.61 Å². The molecule has 1 atom stereocenters. The topological polar surface area (TPSA) is 53.6 Å². The second-order valence-electron chi connectivity index (χ2n) is 7.06. The number of likely N-dealkylation sites (tertiary alicyclic amines) is 1. The molecule has 5 nitrogen and oxygen atoms in total. The number of amides is 2. The van der Waals surface area contributed by atoms with Gasteiger partial charge in [-0.1, -0.05) is 48.5 Å². The van der Waals surface area contributed by atoms with Crippen LogP contribution in [0.2, 0.25) is 0 Å². The van der Waals surface area contributed by atoms with Gasteiger partial charge in [-0.2, -0.15) is 0 Å². The number of fused-ring (bicyclic) bond motifs is 1. The molecule has 0 bridgehead atoms. The van der Waals surface area contributed by atoms with Crippen molar-refractivity contribution < 1.29 is 9.53 Å². The van der Waals surface area contributed by atoms with E-state index >= 15 is 0 Å². The summed E-state index contributed by atoms with van der Waals surface area (Å²) in [5, 5.41) is 6.17. The summed E-state index contributed by atoms with van der Waals surface area (Å²) < 4.78 is 5.62. The third-order valence-electron chi connectivity index (χ3n) is 5.18. The molecule has 1 unspecified atom stereocenters. The fraction of sp³-hybridized carbons (Fsp3) is 0.381. The largest absolute Gasteiger partial charge is 0.491 e. The zero-order valence-corrected chi connectivity index (χ0v) is 14.9. The molecular weight excluding hydrogens is 326 g/mol. The maximum Gasteiger partial charge on any atom is 0.315 e. The number of rotatable bonds is 4. The third kappa shape index (κ3) is 3.99. The molecule has 5 heteroatoms. The van der Waals surface area contributed by atoms with Crippen molar-refractivity contribution in [1.29, 1.82) is 0 Å². The van der Waals surface area contributed by atoms with Crippen molar-refractivity contribution >= 4 is 6.03 Å². The highest BCUT2D eigenvalue weighted by Gasteiger charge is 2.26. The summed E-state index contributed by atoms with van der Waals surface area (Å²) in [5.41, 5.74) is 2.40. The fourth-order valence-electron chi connectivity index (χ4n) is 3.74. The predicted octanol–water partition coefficient (Wildman–Crippen LogP) is 3.08. The number of ether oxygens (including phenoxy) is 1. The molecule has 1 saturated heterocycles. The second-order valence-corrected chi connectivity index (χ2v) is 7.06. The molecule has 4 rings (SSSR count). The first-order valence-corrected chi connectivity index (χ1v) is 9.33. The molecule has 0 saturated carbocycles. The van der Waals surface area contributed by atoms with Gasteiger partial charge in [0.15, 0.2) is 0 Å². The van der Waals surface area contributed by atoms with Crippen LogP contribution in [0.3, 0.4) is 0 Å². The number of carbonyl (C=O) groups excluding carboxylic acids is 1. The van der Waals surface area contributed by atoms with Crippen LogP contribution in [0.5, 0.6) is 5.75 Å². The summed E-state index contributed by atoms with van der Waals surface area (Å²) in [6.07, 6.45) is 1.97. The number of hydrogen-bond donors (Lipinski definition) is 2. The van der Waals surface area contributed by atoms with Crippen molar-refractivity contribution in [3.05, 3.63) is 65.7 Å². The minimum Gasteiger partial charge on any atom is -0.491 e. The predicted molar refractivity (Wildman–Crippen MR) is 101 cm³/mol. The van der Waals surface area contributed by atoms with Gasteiger partial charge < -0.3 is 15.4 Å². The Kier molecular flexibility index (Phi) is 5.07. The maximum absolute atomic E-state index is 12.4. The van der Waals surface area contributed by atoms with E-state index in [0.717, 1.165) is 43.8 Å². The number of piperidine rings is 1. The number of carbonyl (C=O) groups is 1. The SMILES string of the molecule is O=C(NC1CCN(Cc2ccccc2)CC1)NC1COc2ccccc21. The van der Waals surface area contributed by atoms with Gasteiger partial charge in [0.1, 0.15) is 12.4 Å². The Morgan fingerprint density at radius 2 is 1.73 bits per heavy atom. The van der Waals surface area contributed by atoms with Gasteiger partial charge >= 0.3 is 6.03 Å². The average Bonchev–Trinajstić information content (AvgIpc) is 3.07. The highest BCUT2D eigenvalue weighted by molar-refractivity contribution is 5.75. The van der Waals surface area contributed by atoms with Crippen LogP contribution in [0.25, 0.3) is 0 Å². The second kappa shape index (κ2) is 7.79. The molecule has 2 aromatic rings. The molecule has 2 aliphatic heterocycles. The van der Waals surface area contributed by atoms with Crippen LogP contribution in [0.4, 0.5) is 4.79 Å². The summed E-state index contributed by atoms with van der Waals surface area (Å²) in [6.45, 7) is 3.50. The normalized spacial score (nSPS) is 20.2. The standard InChI is InChI=1S/C21H25N3O2/c25-21(23-19-15-26-20-9-5-4-8-18(19)20)22-17-10-12-24(13-11-17)14-16-6-2-1-3-7-16/h1-9,17,19H,10-15H2,(H2,22,23,25). The summed E-state index contributed by atoms with van der Waals surface area (Å²) in [7, 11) is 0. The first-order valence-electron chi connectivity index (χ1n) is 9.33. The van der Waals surface area contributed by atoms with Gasteiger partial charge in [0, 0.05) is 31.2 Å². The molecule has 2 N–H and O–H groups in total. The van der Waals surface area contributed by atoms with Crippen molar-refractivity contribution in [1.82, 2.24) is 15.5 Å². The molecule has 2 aromatic carbocycles. The number of urea groups is 1. The smallest absolute Gasteiger partial charge is 0.315 e. The minimum absolute atomic E-state index is 0.0654. The Hall–Kier alpha value is -2.53. The molecule has 2 aliphatic rings. The van der Waals surface area contributed by atoms with Crippen molar-refractivity contribution in [3.63, 3.8) is 0 Å². The van der Waals surface area contributed by atoms with E-state index in [-0.39, 0.29) is 18.1 Å². The quantitative estimate of drug-likeness (QED) is 0.890. The van der Waals surface area contributed by atoms with Crippen LogP contribution in [0.1, 0.15) is 30.0 Å². The number of benzene rings is 2. The van der Waals surface area contributed by atoms with Crippen LogP contribution >= 0.6 is 0 Å². The third-order valence-corrected chi connectivity index (χ3v) is 5.18. The van der Waals surface area contributed by atoms with Crippen LogP contribution in [-0.2, 0) is 6.54 Å².